The number of ether oxygens (including phenoxy) is 1. The van der Waals surface area contributed by atoms with Gasteiger partial charge in [-0.2, -0.15) is 0 Å². The Balaban J connectivity index is 1.23. The molecule has 0 aromatic rings. The van der Waals surface area contributed by atoms with Gasteiger partial charge in [-0.1, -0.05) is 0 Å². The molecule has 6 nitrogen and oxygen atoms in total. The van der Waals surface area contributed by atoms with Crippen molar-refractivity contribution in [2.24, 2.45) is 17.8 Å². The molecule has 0 aromatic carbocycles. The number of hydrogen-bond donors (Lipinski definition) is 3. The molecule has 0 radical (unpaired) electrons. The smallest absolute Gasteiger partial charge is 0.227 e. The second kappa shape index (κ2) is 8.99. The lowest BCUT2D eigenvalue weighted by molar-refractivity contribution is -0.127. The molecule has 0 bridgehead atoms. The lowest BCUT2D eigenvalue weighted by atomic mass is 9.72. The first-order valence-corrected chi connectivity index (χ1v) is 11.7. The molecule has 4 rings (SSSR count). The summed E-state index contributed by atoms with van der Waals surface area (Å²) >= 11 is 0. The fraction of sp³-hybridized carbons (Fsp3) is 0.955. The van der Waals surface area contributed by atoms with E-state index >= 15 is 0 Å². The number of fused-ring (bicyclic) bond motifs is 1. The average molecular weight is 393 g/mol. The van der Waals surface area contributed by atoms with E-state index < -0.39 is 0 Å². The fourth-order valence-corrected chi connectivity index (χ4v) is 6.29. The summed E-state index contributed by atoms with van der Waals surface area (Å²) in [5.41, 5.74) is 3.46. The Kier molecular flexibility index (Phi) is 6.60. The Bertz CT molecular complexity index is 529. The summed E-state index contributed by atoms with van der Waals surface area (Å²) < 4.78 is 5.53. The lowest BCUT2D eigenvalue weighted by Gasteiger charge is -2.41. The number of amides is 1. The third kappa shape index (κ3) is 4.40. The van der Waals surface area contributed by atoms with Crippen LogP contribution in [0.5, 0.6) is 0 Å². The number of methoxy groups -OCH3 is 1. The summed E-state index contributed by atoms with van der Waals surface area (Å²) in [4.78, 5) is 13.0. The Morgan fingerprint density at radius 2 is 1.64 bits per heavy atom. The first-order chi connectivity index (χ1) is 13.5. The van der Waals surface area contributed by atoms with Crippen molar-refractivity contribution in [2.45, 2.75) is 102 Å². The molecule has 4 fully saturated rings. The molecule has 28 heavy (non-hydrogen) atoms. The Morgan fingerprint density at radius 3 is 2.29 bits per heavy atom. The molecule has 1 amide bonds. The van der Waals surface area contributed by atoms with Crippen molar-refractivity contribution in [3.8, 4) is 0 Å². The Hall–Kier alpha value is -0.690. The van der Waals surface area contributed by atoms with Gasteiger partial charge in [0.25, 0.3) is 0 Å². The number of hydrazine groups is 1. The van der Waals surface area contributed by atoms with Crippen molar-refractivity contribution in [1.29, 1.82) is 0 Å². The molecule has 0 spiro atoms. The van der Waals surface area contributed by atoms with Crippen LogP contribution in [0.25, 0.3) is 0 Å². The van der Waals surface area contributed by atoms with Crippen LogP contribution in [0, 0.1) is 17.8 Å². The molecule has 2 aliphatic heterocycles. The molecule has 2 aliphatic carbocycles. The number of nitrogens with one attached hydrogen (secondary N) is 3. The van der Waals surface area contributed by atoms with Crippen LogP contribution in [-0.2, 0) is 9.53 Å². The van der Waals surface area contributed by atoms with Crippen molar-refractivity contribution in [1.82, 2.24) is 21.1 Å². The second-order valence-corrected chi connectivity index (χ2v) is 9.87. The highest BCUT2D eigenvalue weighted by atomic mass is 16.5. The largest absolute Gasteiger partial charge is 0.381 e. The predicted molar refractivity (Wildman–Crippen MR) is 110 cm³/mol. The van der Waals surface area contributed by atoms with Gasteiger partial charge in [0.1, 0.15) is 0 Å². The van der Waals surface area contributed by atoms with E-state index in [9.17, 15) is 4.79 Å². The highest BCUT2D eigenvalue weighted by molar-refractivity contribution is 5.80. The van der Waals surface area contributed by atoms with E-state index in [1.54, 1.807) is 0 Å². The molecule has 2 saturated carbocycles. The van der Waals surface area contributed by atoms with Gasteiger partial charge in [0.2, 0.25) is 5.91 Å². The summed E-state index contributed by atoms with van der Waals surface area (Å²) in [5.74, 6) is 1.98. The zero-order valence-electron chi connectivity index (χ0n) is 18.0. The van der Waals surface area contributed by atoms with E-state index in [0.717, 1.165) is 37.6 Å². The maximum absolute atomic E-state index is 13.0. The molecule has 4 atom stereocenters. The molecular weight excluding hydrogens is 352 g/mol. The molecule has 2 heterocycles. The monoisotopic (exact) mass is 392 g/mol. The summed E-state index contributed by atoms with van der Waals surface area (Å²) in [5, 5.41) is 9.29. The molecule has 160 valence electrons. The van der Waals surface area contributed by atoms with Crippen molar-refractivity contribution in [3.63, 3.8) is 0 Å². The molecular formula is C22H40N4O2. The second-order valence-electron chi connectivity index (χ2n) is 9.87. The van der Waals surface area contributed by atoms with Crippen LogP contribution in [0.2, 0.25) is 0 Å². The van der Waals surface area contributed by atoms with Gasteiger partial charge in [-0.25, -0.2) is 5.01 Å². The van der Waals surface area contributed by atoms with Crippen LogP contribution >= 0.6 is 0 Å². The van der Waals surface area contributed by atoms with Crippen molar-refractivity contribution in [3.05, 3.63) is 0 Å². The molecule has 6 heteroatoms. The normalized spacial score (nSPS) is 44.8. The minimum absolute atomic E-state index is 0.00671. The average Bonchev–Trinajstić information content (AvgIpc) is 3.13. The Morgan fingerprint density at radius 1 is 1.00 bits per heavy atom. The third-order valence-corrected chi connectivity index (χ3v) is 7.97. The van der Waals surface area contributed by atoms with Crippen LogP contribution in [0.15, 0.2) is 0 Å². The van der Waals surface area contributed by atoms with Crippen LogP contribution in [0.4, 0.5) is 0 Å². The summed E-state index contributed by atoms with van der Waals surface area (Å²) in [6, 6.07) is 1.31. The van der Waals surface area contributed by atoms with Gasteiger partial charge in [0.15, 0.2) is 0 Å². The molecule has 3 N–H and O–H groups in total. The summed E-state index contributed by atoms with van der Waals surface area (Å²) in [6.07, 6.45) is 11.7. The zero-order chi connectivity index (χ0) is 19.7. The third-order valence-electron chi connectivity index (χ3n) is 7.97. The Labute approximate surface area is 170 Å². The molecule has 4 unspecified atom stereocenters. The standard InChI is InChI=1S/C22H40N4O2/c1-14-12-15(2)26-21(24-14)20(13-23-26)22(27)25-18-8-4-16(5-9-18)17-6-10-19(28-3)11-7-17/h14-21,23-24H,4-13H2,1-3H3,(H,25,27). The predicted octanol–water partition coefficient (Wildman–Crippen LogP) is 2.40. The quantitative estimate of drug-likeness (QED) is 0.686. The van der Waals surface area contributed by atoms with Crippen molar-refractivity contribution >= 4 is 5.91 Å². The maximum Gasteiger partial charge on any atom is 0.227 e. The van der Waals surface area contributed by atoms with Gasteiger partial charge in [0, 0.05) is 31.8 Å². The molecule has 4 aliphatic rings. The summed E-state index contributed by atoms with van der Waals surface area (Å²) in [7, 11) is 1.85. The SMILES string of the molecule is COC1CCC(C2CCC(NC(=O)C3CNN4C(C)CC(C)NC34)CC2)CC1. The highest BCUT2D eigenvalue weighted by Crippen LogP contribution is 2.39. The van der Waals surface area contributed by atoms with E-state index in [4.69, 9.17) is 4.74 Å². The minimum Gasteiger partial charge on any atom is -0.381 e. The molecule has 2 saturated heterocycles. The van der Waals surface area contributed by atoms with Gasteiger partial charge in [-0.3, -0.25) is 15.5 Å². The molecule has 0 aromatic heterocycles. The van der Waals surface area contributed by atoms with Gasteiger partial charge >= 0.3 is 0 Å². The van der Waals surface area contributed by atoms with E-state index in [0.29, 0.717) is 24.2 Å². The van der Waals surface area contributed by atoms with Crippen molar-refractivity contribution in [2.75, 3.05) is 13.7 Å². The van der Waals surface area contributed by atoms with Gasteiger partial charge in [-0.15, -0.1) is 0 Å². The zero-order valence-corrected chi connectivity index (χ0v) is 18.0. The van der Waals surface area contributed by atoms with E-state index in [2.05, 4.69) is 34.9 Å². The number of nitrogens with zero attached hydrogens (tertiary/aromatic N) is 1. The first kappa shape index (κ1) is 20.6. The fourth-order valence-electron chi connectivity index (χ4n) is 6.29. The van der Waals surface area contributed by atoms with Crippen LogP contribution in [0.1, 0.15) is 71.6 Å². The van der Waals surface area contributed by atoms with Crippen LogP contribution < -0.4 is 16.1 Å². The maximum atomic E-state index is 13.0. The van der Waals surface area contributed by atoms with Gasteiger partial charge in [-0.05, 0) is 83.5 Å². The summed E-state index contributed by atoms with van der Waals surface area (Å²) in [6.45, 7) is 5.22. The van der Waals surface area contributed by atoms with Crippen LogP contribution in [0.3, 0.4) is 0 Å². The van der Waals surface area contributed by atoms with E-state index in [-0.39, 0.29) is 18.0 Å². The number of hydrogen-bond acceptors (Lipinski definition) is 5. The van der Waals surface area contributed by atoms with Gasteiger partial charge in [0.05, 0.1) is 18.2 Å². The lowest BCUT2D eigenvalue weighted by Crippen LogP contribution is -2.61. The topological polar surface area (TPSA) is 65.6 Å². The first-order valence-electron chi connectivity index (χ1n) is 11.7. The van der Waals surface area contributed by atoms with Crippen LogP contribution in [-0.4, -0.2) is 55.0 Å². The number of rotatable bonds is 4. The number of carbonyl (C=O) groups is 1. The van der Waals surface area contributed by atoms with E-state index in [1.165, 1.54) is 38.5 Å². The van der Waals surface area contributed by atoms with Crippen molar-refractivity contribution < 1.29 is 9.53 Å². The van der Waals surface area contributed by atoms with E-state index in [1.807, 2.05) is 7.11 Å². The number of carbonyl (C=O) groups excluding carboxylic acids is 1. The highest BCUT2D eigenvalue weighted by Gasteiger charge is 2.44. The van der Waals surface area contributed by atoms with Gasteiger partial charge < -0.3 is 10.1 Å². The minimum atomic E-state index is 0.00671.